The predicted molar refractivity (Wildman–Crippen MR) is 109 cm³/mol. The van der Waals surface area contributed by atoms with Crippen molar-refractivity contribution in [1.29, 1.82) is 0 Å². The molecule has 2 atom stereocenters. The van der Waals surface area contributed by atoms with Crippen LogP contribution in [0.15, 0.2) is 0 Å². The molecule has 5 fully saturated rings. The van der Waals surface area contributed by atoms with Gasteiger partial charge in [-0.2, -0.15) is 0 Å². The molecule has 0 aromatic rings. The highest BCUT2D eigenvalue weighted by Gasteiger charge is 2.44. The standard InChI is InChI=1S/C13H24.C12H20/c1-11-7-9-13(10-8-11)12-5-3-2-4-6-12;1-3-9(4-1)11-7-8-12(11)10-5-2-6-10/h11-13H,2-10H2,1H3;9-12H,1-8H2. The third kappa shape index (κ3) is 4.47. The highest BCUT2D eigenvalue weighted by molar-refractivity contribution is 4.94. The Morgan fingerprint density at radius 3 is 1.20 bits per heavy atom. The molecule has 0 bridgehead atoms. The lowest BCUT2D eigenvalue weighted by Gasteiger charge is -2.51. The maximum Gasteiger partial charge on any atom is -0.0355 e. The van der Waals surface area contributed by atoms with Crippen molar-refractivity contribution in [2.75, 3.05) is 0 Å². The zero-order chi connectivity index (χ0) is 17.1. The molecule has 0 heteroatoms. The summed E-state index contributed by atoms with van der Waals surface area (Å²) in [6.45, 7) is 2.43. The first kappa shape index (κ1) is 18.4. The van der Waals surface area contributed by atoms with Crippen molar-refractivity contribution in [1.82, 2.24) is 0 Å². The van der Waals surface area contributed by atoms with Crippen LogP contribution < -0.4 is 0 Å². The van der Waals surface area contributed by atoms with Gasteiger partial charge in [0.25, 0.3) is 0 Å². The van der Waals surface area contributed by atoms with Gasteiger partial charge in [0.05, 0.1) is 0 Å². The molecule has 25 heavy (non-hydrogen) atoms. The van der Waals surface area contributed by atoms with E-state index >= 15 is 0 Å². The van der Waals surface area contributed by atoms with Crippen molar-refractivity contribution in [3.63, 3.8) is 0 Å². The second-order valence-corrected chi connectivity index (χ2v) is 10.7. The van der Waals surface area contributed by atoms with Gasteiger partial charge < -0.3 is 0 Å². The fourth-order valence-electron chi connectivity index (χ4n) is 6.82. The highest BCUT2D eigenvalue weighted by Crippen LogP contribution is 2.54. The molecule has 0 aliphatic heterocycles. The van der Waals surface area contributed by atoms with Crippen LogP contribution in [-0.4, -0.2) is 0 Å². The van der Waals surface area contributed by atoms with Crippen molar-refractivity contribution >= 4 is 0 Å². The second kappa shape index (κ2) is 8.79. The van der Waals surface area contributed by atoms with Crippen LogP contribution in [0.25, 0.3) is 0 Å². The van der Waals surface area contributed by atoms with Crippen LogP contribution in [0.1, 0.15) is 116 Å². The molecule has 5 rings (SSSR count). The second-order valence-electron chi connectivity index (χ2n) is 10.7. The average molecular weight is 345 g/mol. The minimum Gasteiger partial charge on any atom is -0.0625 e. The lowest BCUT2D eigenvalue weighted by Crippen LogP contribution is -2.41. The van der Waals surface area contributed by atoms with Gasteiger partial charge in [0, 0.05) is 0 Å². The van der Waals surface area contributed by atoms with Crippen LogP contribution in [0.4, 0.5) is 0 Å². The molecule has 0 aromatic heterocycles. The molecule has 0 aromatic carbocycles. The Morgan fingerprint density at radius 2 is 0.800 bits per heavy atom. The molecule has 0 N–H and O–H groups in total. The molecule has 0 radical (unpaired) electrons. The maximum atomic E-state index is 2.43. The third-order valence-corrected chi connectivity index (χ3v) is 9.27. The summed E-state index contributed by atoms with van der Waals surface area (Å²) in [6.07, 6.45) is 26.4. The van der Waals surface area contributed by atoms with E-state index in [1.54, 1.807) is 77.0 Å². The molecular formula is C25H44. The van der Waals surface area contributed by atoms with E-state index in [0.29, 0.717) is 0 Å². The number of hydrogen-bond donors (Lipinski definition) is 0. The number of hydrogen-bond acceptors (Lipinski definition) is 0. The Balaban J connectivity index is 0.000000126. The van der Waals surface area contributed by atoms with E-state index in [1.165, 1.54) is 55.8 Å². The van der Waals surface area contributed by atoms with Crippen molar-refractivity contribution < 1.29 is 0 Å². The maximum absolute atomic E-state index is 2.43. The molecule has 5 aliphatic rings. The van der Waals surface area contributed by atoms with E-state index in [4.69, 9.17) is 0 Å². The van der Waals surface area contributed by atoms with Gasteiger partial charge in [-0.1, -0.05) is 90.4 Å². The SMILES string of the molecule is C1CC(C2CCC2C2CCC2)C1.CC1CCC(C2CCCCC2)CC1. The van der Waals surface area contributed by atoms with E-state index in [1.807, 2.05) is 0 Å². The molecule has 5 aliphatic carbocycles. The first-order chi connectivity index (χ1) is 12.3. The predicted octanol–water partition coefficient (Wildman–Crippen LogP) is 8.01. The van der Waals surface area contributed by atoms with Crippen LogP contribution in [0, 0.1) is 41.4 Å². The smallest absolute Gasteiger partial charge is 0.0355 e. The minimum absolute atomic E-state index is 1.03. The van der Waals surface area contributed by atoms with Gasteiger partial charge in [-0.25, -0.2) is 0 Å². The molecular weight excluding hydrogens is 300 g/mol. The van der Waals surface area contributed by atoms with Crippen LogP contribution in [0.5, 0.6) is 0 Å². The van der Waals surface area contributed by atoms with Crippen molar-refractivity contribution in [3.05, 3.63) is 0 Å². The summed E-state index contributed by atoms with van der Waals surface area (Å²) in [6, 6.07) is 0. The summed E-state index contributed by atoms with van der Waals surface area (Å²) in [5.41, 5.74) is 0. The summed E-state index contributed by atoms with van der Waals surface area (Å²) in [4.78, 5) is 0. The summed E-state index contributed by atoms with van der Waals surface area (Å²) in [5.74, 6) is 8.04. The molecule has 0 saturated heterocycles. The van der Waals surface area contributed by atoms with Crippen molar-refractivity contribution in [2.45, 2.75) is 116 Å². The fourth-order valence-corrected chi connectivity index (χ4v) is 6.82. The largest absolute Gasteiger partial charge is 0.0625 e. The first-order valence-electron chi connectivity index (χ1n) is 12.3. The summed E-state index contributed by atoms with van der Waals surface area (Å²) < 4.78 is 0. The van der Waals surface area contributed by atoms with E-state index in [0.717, 1.165) is 17.8 Å². The average Bonchev–Trinajstić information content (AvgIpc) is 2.55. The third-order valence-electron chi connectivity index (χ3n) is 9.27. The molecule has 0 amide bonds. The van der Waals surface area contributed by atoms with Gasteiger partial charge in [-0.05, 0) is 67.1 Å². The van der Waals surface area contributed by atoms with Gasteiger partial charge in [0.1, 0.15) is 0 Å². The van der Waals surface area contributed by atoms with E-state index in [-0.39, 0.29) is 0 Å². The monoisotopic (exact) mass is 344 g/mol. The summed E-state index contributed by atoms with van der Waals surface area (Å²) >= 11 is 0. The van der Waals surface area contributed by atoms with E-state index < -0.39 is 0 Å². The summed E-state index contributed by atoms with van der Waals surface area (Å²) in [7, 11) is 0. The van der Waals surface area contributed by atoms with Gasteiger partial charge in [-0.3, -0.25) is 0 Å². The zero-order valence-corrected chi connectivity index (χ0v) is 17.1. The van der Waals surface area contributed by atoms with Crippen molar-refractivity contribution in [2.24, 2.45) is 41.4 Å². The number of rotatable bonds is 3. The van der Waals surface area contributed by atoms with Crippen molar-refractivity contribution in [3.8, 4) is 0 Å². The van der Waals surface area contributed by atoms with Crippen LogP contribution in [0.2, 0.25) is 0 Å². The molecule has 0 heterocycles. The van der Waals surface area contributed by atoms with Gasteiger partial charge in [0.15, 0.2) is 0 Å². The van der Waals surface area contributed by atoms with Crippen LogP contribution >= 0.6 is 0 Å². The van der Waals surface area contributed by atoms with Crippen LogP contribution in [0.3, 0.4) is 0 Å². The molecule has 0 nitrogen and oxygen atoms in total. The Hall–Kier alpha value is 0. The first-order valence-corrected chi connectivity index (χ1v) is 12.3. The molecule has 144 valence electrons. The van der Waals surface area contributed by atoms with Gasteiger partial charge >= 0.3 is 0 Å². The Labute approximate surface area is 157 Å². The zero-order valence-electron chi connectivity index (χ0n) is 17.1. The van der Waals surface area contributed by atoms with E-state index in [9.17, 15) is 0 Å². The Morgan fingerprint density at radius 1 is 0.360 bits per heavy atom. The topological polar surface area (TPSA) is 0 Å². The van der Waals surface area contributed by atoms with Crippen LogP contribution in [-0.2, 0) is 0 Å². The Bertz CT molecular complexity index is 357. The highest BCUT2D eigenvalue weighted by atomic mass is 14.5. The molecule has 5 saturated carbocycles. The molecule has 0 spiro atoms. The van der Waals surface area contributed by atoms with E-state index in [2.05, 4.69) is 6.92 Å². The fraction of sp³-hybridized carbons (Fsp3) is 1.00. The molecule has 2 unspecified atom stereocenters. The van der Waals surface area contributed by atoms with Gasteiger partial charge in [-0.15, -0.1) is 0 Å². The van der Waals surface area contributed by atoms with Gasteiger partial charge in [0.2, 0.25) is 0 Å². The normalized spacial score (nSPS) is 40.2. The minimum atomic E-state index is 1.03. The lowest BCUT2D eigenvalue weighted by atomic mass is 9.54. The lowest BCUT2D eigenvalue weighted by molar-refractivity contribution is -0.00862. The quantitative estimate of drug-likeness (QED) is 0.486. The Kier molecular flexibility index (Phi) is 6.46. The summed E-state index contributed by atoms with van der Waals surface area (Å²) in [5, 5.41) is 0.